The lowest BCUT2D eigenvalue weighted by atomic mass is 10.0. The van der Waals surface area contributed by atoms with E-state index in [1.54, 1.807) is 53.0 Å². The summed E-state index contributed by atoms with van der Waals surface area (Å²) >= 11 is 0. The van der Waals surface area contributed by atoms with Crippen molar-refractivity contribution in [3.05, 3.63) is 83.8 Å². The summed E-state index contributed by atoms with van der Waals surface area (Å²) in [6.07, 6.45) is 3.84. The molecule has 1 amide bonds. The smallest absolute Gasteiger partial charge is 0.280 e. The molecule has 0 aliphatic heterocycles. The average Bonchev–Trinajstić information content (AvgIpc) is 3.39. The predicted molar refractivity (Wildman–Crippen MR) is 111 cm³/mol. The molecule has 0 aliphatic rings. The lowest BCUT2D eigenvalue weighted by molar-refractivity contribution is 0.102. The van der Waals surface area contributed by atoms with Gasteiger partial charge in [0.25, 0.3) is 5.91 Å². The van der Waals surface area contributed by atoms with Crippen molar-refractivity contribution in [1.82, 2.24) is 24.5 Å². The van der Waals surface area contributed by atoms with Gasteiger partial charge < -0.3 is 4.57 Å². The second-order valence-corrected chi connectivity index (χ2v) is 7.05. The Kier molecular flexibility index (Phi) is 5.57. The highest BCUT2D eigenvalue weighted by Crippen LogP contribution is 2.23. The van der Waals surface area contributed by atoms with E-state index in [2.05, 4.69) is 20.6 Å². The third-order valence-corrected chi connectivity index (χ3v) is 5.06. The minimum Gasteiger partial charge on any atom is -0.313 e. The highest BCUT2D eigenvalue weighted by atomic mass is 19.1. The molecular formula is C22H20F2N6O. The lowest BCUT2D eigenvalue weighted by Gasteiger charge is -2.15. The molecule has 0 bridgehead atoms. The van der Waals surface area contributed by atoms with E-state index in [-0.39, 0.29) is 23.4 Å². The van der Waals surface area contributed by atoms with Crippen LogP contribution >= 0.6 is 0 Å². The molecule has 0 radical (unpaired) electrons. The third kappa shape index (κ3) is 4.20. The van der Waals surface area contributed by atoms with Crippen molar-refractivity contribution in [1.29, 1.82) is 0 Å². The Hall–Kier alpha value is -3.88. The van der Waals surface area contributed by atoms with Crippen molar-refractivity contribution >= 4 is 11.9 Å². The number of nitrogens with zero attached hydrogens (tertiary/aromatic N) is 5. The van der Waals surface area contributed by atoms with Crippen LogP contribution < -0.4 is 5.32 Å². The van der Waals surface area contributed by atoms with Crippen LogP contribution in [0.5, 0.6) is 0 Å². The fourth-order valence-corrected chi connectivity index (χ4v) is 3.37. The normalized spacial score (nSPS) is 12.0. The SMILES string of the molecule is CC[C@H](c1ccc(F)cc1)n1cc(C(=O)Nc2ncc(-c3ccc(F)cc3)n2C)nn1. The van der Waals surface area contributed by atoms with Crippen LogP contribution in [0, 0.1) is 11.6 Å². The van der Waals surface area contributed by atoms with E-state index >= 15 is 0 Å². The largest absolute Gasteiger partial charge is 0.313 e. The van der Waals surface area contributed by atoms with Crippen LogP contribution in [0.4, 0.5) is 14.7 Å². The number of halogens is 2. The first-order chi connectivity index (χ1) is 15.0. The van der Waals surface area contributed by atoms with E-state index in [4.69, 9.17) is 0 Å². The van der Waals surface area contributed by atoms with Crippen molar-refractivity contribution in [3.8, 4) is 11.3 Å². The molecule has 31 heavy (non-hydrogen) atoms. The summed E-state index contributed by atoms with van der Waals surface area (Å²) in [7, 11) is 1.75. The Bertz CT molecular complexity index is 1200. The summed E-state index contributed by atoms with van der Waals surface area (Å²) in [4.78, 5) is 16.9. The van der Waals surface area contributed by atoms with Gasteiger partial charge in [-0.1, -0.05) is 24.3 Å². The molecule has 158 valence electrons. The van der Waals surface area contributed by atoms with E-state index in [0.29, 0.717) is 12.4 Å². The number of anilines is 1. The molecule has 2 heterocycles. The first-order valence-corrected chi connectivity index (χ1v) is 9.72. The number of hydrogen-bond acceptors (Lipinski definition) is 4. The van der Waals surface area contributed by atoms with Gasteiger partial charge in [0, 0.05) is 12.6 Å². The lowest BCUT2D eigenvalue weighted by Crippen LogP contribution is -2.16. The number of amides is 1. The van der Waals surface area contributed by atoms with Gasteiger partial charge in [0.2, 0.25) is 5.95 Å². The quantitative estimate of drug-likeness (QED) is 0.505. The zero-order valence-corrected chi connectivity index (χ0v) is 17.0. The maximum Gasteiger partial charge on any atom is 0.280 e. The number of rotatable bonds is 6. The highest BCUT2D eigenvalue weighted by Gasteiger charge is 2.19. The Morgan fingerprint density at radius 1 is 1.06 bits per heavy atom. The summed E-state index contributed by atoms with van der Waals surface area (Å²) in [6.45, 7) is 1.97. The molecule has 0 spiro atoms. The summed E-state index contributed by atoms with van der Waals surface area (Å²) < 4.78 is 29.7. The zero-order valence-electron chi connectivity index (χ0n) is 17.0. The number of nitrogens with one attached hydrogen (secondary N) is 1. The Morgan fingerprint density at radius 3 is 2.35 bits per heavy atom. The van der Waals surface area contributed by atoms with Gasteiger partial charge in [-0.05, 0) is 48.4 Å². The molecule has 1 N–H and O–H groups in total. The van der Waals surface area contributed by atoms with Crippen LogP contribution in [0.1, 0.15) is 35.4 Å². The average molecular weight is 422 g/mol. The summed E-state index contributed by atoms with van der Waals surface area (Å²) in [5.41, 5.74) is 2.50. The van der Waals surface area contributed by atoms with Crippen LogP contribution in [0.3, 0.4) is 0 Å². The fourth-order valence-electron chi connectivity index (χ4n) is 3.37. The van der Waals surface area contributed by atoms with Crippen LogP contribution in [-0.4, -0.2) is 30.5 Å². The van der Waals surface area contributed by atoms with Gasteiger partial charge in [-0.25, -0.2) is 18.4 Å². The number of hydrogen-bond donors (Lipinski definition) is 1. The third-order valence-electron chi connectivity index (χ3n) is 5.06. The predicted octanol–water partition coefficient (Wildman–Crippen LogP) is 4.21. The minimum absolute atomic E-state index is 0.131. The number of carbonyl (C=O) groups excluding carboxylic acids is 1. The number of aromatic nitrogens is 5. The maximum atomic E-state index is 13.2. The molecule has 4 aromatic rings. The maximum absolute atomic E-state index is 13.2. The zero-order chi connectivity index (χ0) is 22.0. The second-order valence-electron chi connectivity index (χ2n) is 7.05. The molecule has 0 unspecified atom stereocenters. The number of carbonyl (C=O) groups is 1. The van der Waals surface area contributed by atoms with Gasteiger partial charge in [-0.2, -0.15) is 0 Å². The molecule has 0 saturated heterocycles. The van der Waals surface area contributed by atoms with Gasteiger partial charge in [0.1, 0.15) is 11.6 Å². The molecule has 2 aromatic heterocycles. The Labute approximate surface area is 177 Å². The summed E-state index contributed by atoms with van der Waals surface area (Å²) in [5.74, 6) is -0.773. The second kappa shape index (κ2) is 8.47. The molecule has 4 rings (SSSR count). The van der Waals surface area contributed by atoms with Crippen LogP contribution in [0.15, 0.2) is 60.9 Å². The standard InChI is InChI=1S/C22H20F2N6O/c1-3-19(14-4-8-16(23)9-5-14)30-13-18(27-28-30)21(31)26-22-25-12-20(29(22)2)15-6-10-17(24)11-7-15/h4-13,19H,3H2,1-2H3,(H,25,26,31)/t19-/m1/s1. The van der Waals surface area contributed by atoms with Gasteiger partial charge in [-0.3, -0.25) is 10.1 Å². The van der Waals surface area contributed by atoms with Crippen molar-refractivity contribution in [2.45, 2.75) is 19.4 Å². The molecule has 0 aliphatic carbocycles. The first-order valence-electron chi connectivity index (χ1n) is 9.72. The topological polar surface area (TPSA) is 77.6 Å². The van der Waals surface area contributed by atoms with Gasteiger partial charge in [0.15, 0.2) is 5.69 Å². The van der Waals surface area contributed by atoms with Crippen molar-refractivity contribution in [3.63, 3.8) is 0 Å². The van der Waals surface area contributed by atoms with Crippen molar-refractivity contribution in [2.75, 3.05) is 5.32 Å². The van der Waals surface area contributed by atoms with E-state index in [0.717, 1.165) is 16.8 Å². The molecular weight excluding hydrogens is 402 g/mol. The summed E-state index contributed by atoms with van der Waals surface area (Å²) in [6, 6.07) is 12.0. The Morgan fingerprint density at radius 2 is 1.71 bits per heavy atom. The van der Waals surface area contributed by atoms with E-state index < -0.39 is 5.91 Å². The van der Waals surface area contributed by atoms with Gasteiger partial charge >= 0.3 is 0 Å². The number of imidazole rings is 1. The fraction of sp³-hybridized carbons (Fsp3) is 0.182. The van der Waals surface area contributed by atoms with Gasteiger partial charge in [0.05, 0.1) is 24.1 Å². The Balaban J connectivity index is 1.52. The molecule has 2 aromatic carbocycles. The van der Waals surface area contributed by atoms with E-state index in [1.165, 1.54) is 24.3 Å². The highest BCUT2D eigenvalue weighted by molar-refractivity contribution is 6.01. The molecule has 1 atom stereocenters. The van der Waals surface area contributed by atoms with E-state index in [9.17, 15) is 13.6 Å². The minimum atomic E-state index is -0.459. The van der Waals surface area contributed by atoms with E-state index in [1.807, 2.05) is 6.92 Å². The molecule has 0 saturated carbocycles. The van der Waals surface area contributed by atoms with Crippen molar-refractivity contribution < 1.29 is 13.6 Å². The van der Waals surface area contributed by atoms with Crippen LogP contribution in [0.25, 0.3) is 11.3 Å². The number of benzene rings is 2. The van der Waals surface area contributed by atoms with Crippen LogP contribution in [0.2, 0.25) is 0 Å². The first kappa shape index (κ1) is 20.4. The van der Waals surface area contributed by atoms with Crippen LogP contribution in [-0.2, 0) is 7.05 Å². The molecule has 0 fully saturated rings. The molecule has 9 heteroatoms. The van der Waals surface area contributed by atoms with Crippen molar-refractivity contribution in [2.24, 2.45) is 7.05 Å². The van der Waals surface area contributed by atoms with Gasteiger partial charge in [-0.15, -0.1) is 5.10 Å². The monoisotopic (exact) mass is 422 g/mol. The molecule has 7 nitrogen and oxygen atoms in total. The summed E-state index contributed by atoms with van der Waals surface area (Å²) in [5, 5.41) is 10.8.